The number of aromatic nitrogens is 2. The molecule has 3 rings (SSSR count). The number of nitrogens with zero attached hydrogens (tertiary/aromatic N) is 2. The van der Waals surface area contributed by atoms with Crippen LogP contribution in [0.25, 0.3) is 0 Å². The van der Waals surface area contributed by atoms with Crippen LogP contribution in [0.15, 0.2) is 30.3 Å². The third kappa shape index (κ3) is 3.79. The first-order valence-electron chi connectivity index (χ1n) is 7.43. The molecule has 4 nitrogen and oxygen atoms in total. The molecule has 1 aromatic heterocycles. The average Bonchev–Trinajstić information content (AvgIpc) is 3.29. The highest BCUT2D eigenvalue weighted by molar-refractivity contribution is 5.35. The number of benzene rings is 1. The van der Waals surface area contributed by atoms with E-state index in [0.29, 0.717) is 12.5 Å². The highest BCUT2D eigenvalue weighted by Crippen LogP contribution is 2.21. The van der Waals surface area contributed by atoms with E-state index < -0.39 is 0 Å². The van der Waals surface area contributed by atoms with Crippen molar-refractivity contribution in [1.29, 1.82) is 0 Å². The normalized spacial score (nSPS) is 14.2. The van der Waals surface area contributed by atoms with E-state index in [1.165, 1.54) is 12.8 Å². The fourth-order valence-corrected chi connectivity index (χ4v) is 2.43. The smallest absolute Gasteiger partial charge is 0.133 e. The molecule has 1 fully saturated rings. The first kappa shape index (κ1) is 14.0. The summed E-state index contributed by atoms with van der Waals surface area (Å²) in [7, 11) is 1.70. The van der Waals surface area contributed by atoms with E-state index in [9.17, 15) is 0 Å². The van der Waals surface area contributed by atoms with E-state index >= 15 is 0 Å². The van der Waals surface area contributed by atoms with Gasteiger partial charge in [0.05, 0.1) is 12.8 Å². The molecular weight excluding hydrogens is 262 g/mol. The zero-order valence-corrected chi connectivity index (χ0v) is 12.6. The lowest BCUT2D eigenvalue weighted by Gasteiger charge is -2.09. The van der Waals surface area contributed by atoms with Gasteiger partial charge in [-0.25, -0.2) is 9.97 Å². The SMILES string of the molecule is COc1ccccc1Cc1nc(C)cc(CNC2CC2)n1. The molecule has 1 heterocycles. The lowest BCUT2D eigenvalue weighted by molar-refractivity contribution is 0.410. The van der Waals surface area contributed by atoms with Gasteiger partial charge in [-0.1, -0.05) is 18.2 Å². The highest BCUT2D eigenvalue weighted by atomic mass is 16.5. The number of methoxy groups -OCH3 is 1. The predicted octanol–water partition coefficient (Wildman–Crippen LogP) is 2.64. The van der Waals surface area contributed by atoms with Gasteiger partial charge >= 0.3 is 0 Å². The van der Waals surface area contributed by atoms with Gasteiger partial charge in [0.1, 0.15) is 11.6 Å². The monoisotopic (exact) mass is 283 g/mol. The average molecular weight is 283 g/mol. The molecule has 0 amide bonds. The number of para-hydroxylation sites is 1. The van der Waals surface area contributed by atoms with Crippen molar-refractivity contribution in [2.24, 2.45) is 0 Å². The number of nitrogens with one attached hydrogen (secondary N) is 1. The van der Waals surface area contributed by atoms with Crippen molar-refractivity contribution >= 4 is 0 Å². The van der Waals surface area contributed by atoms with Crippen LogP contribution in [0.5, 0.6) is 5.75 Å². The Hall–Kier alpha value is -1.94. The van der Waals surface area contributed by atoms with Crippen molar-refractivity contribution in [3.63, 3.8) is 0 Å². The van der Waals surface area contributed by atoms with Gasteiger partial charge in [0, 0.05) is 30.3 Å². The van der Waals surface area contributed by atoms with Gasteiger partial charge in [-0.3, -0.25) is 0 Å². The molecule has 1 N–H and O–H groups in total. The third-order valence-electron chi connectivity index (χ3n) is 3.64. The molecule has 4 heteroatoms. The third-order valence-corrected chi connectivity index (χ3v) is 3.64. The van der Waals surface area contributed by atoms with Gasteiger partial charge in [0.2, 0.25) is 0 Å². The fraction of sp³-hybridized carbons (Fsp3) is 0.412. The van der Waals surface area contributed by atoms with E-state index in [1.54, 1.807) is 7.11 Å². The molecule has 0 spiro atoms. The van der Waals surface area contributed by atoms with E-state index in [4.69, 9.17) is 4.74 Å². The Morgan fingerprint density at radius 3 is 2.81 bits per heavy atom. The second-order valence-electron chi connectivity index (χ2n) is 5.56. The van der Waals surface area contributed by atoms with E-state index in [-0.39, 0.29) is 0 Å². The molecule has 0 radical (unpaired) electrons. The van der Waals surface area contributed by atoms with Crippen LogP contribution in [0.1, 0.15) is 35.6 Å². The van der Waals surface area contributed by atoms with Crippen LogP contribution in [-0.2, 0) is 13.0 Å². The van der Waals surface area contributed by atoms with Gasteiger partial charge in [-0.15, -0.1) is 0 Å². The summed E-state index contributed by atoms with van der Waals surface area (Å²) in [6, 6.07) is 10.8. The Bertz CT molecular complexity index is 623. The maximum Gasteiger partial charge on any atom is 0.133 e. The second-order valence-corrected chi connectivity index (χ2v) is 5.56. The lowest BCUT2D eigenvalue weighted by Crippen LogP contribution is -2.17. The van der Waals surface area contributed by atoms with Crippen LogP contribution in [-0.4, -0.2) is 23.1 Å². The minimum absolute atomic E-state index is 0.693. The summed E-state index contributed by atoms with van der Waals surface area (Å²) in [6.07, 6.45) is 3.28. The van der Waals surface area contributed by atoms with Crippen molar-refractivity contribution in [2.75, 3.05) is 7.11 Å². The second kappa shape index (κ2) is 6.22. The first-order valence-corrected chi connectivity index (χ1v) is 7.43. The molecule has 0 aliphatic heterocycles. The van der Waals surface area contributed by atoms with Crippen molar-refractivity contribution < 1.29 is 4.74 Å². The number of rotatable bonds is 6. The van der Waals surface area contributed by atoms with Crippen LogP contribution in [0, 0.1) is 6.92 Å². The zero-order valence-electron chi connectivity index (χ0n) is 12.6. The topological polar surface area (TPSA) is 47.0 Å². The Morgan fingerprint density at radius 1 is 1.24 bits per heavy atom. The number of hydrogen-bond acceptors (Lipinski definition) is 4. The molecule has 110 valence electrons. The zero-order chi connectivity index (χ0) is 14.7. The molecule has 1 aliphatic carbocycles. The van der Waals surface area contributed by atoms with E-state index in [1.807, 2.05) is 25.1 Å². The molecule has 0 bridgehead atoms. The summed E-state index contributed by atoms with van der Waals surface area (Å²) in [5, 5.41) is 3.50. The standard InChI is InChI=1S/C17H21N3O/c1-12-9-15(11-18-14-7-8-14)20-17(19-12)10-13-5-3-4-6-16(13)21-2/h3-6,9,14,18H,7-8,10-11H2,1-2H3. The summed E-state index contributed by atoms with van der Waals surface area (Å²) in [5.41, 5.74) is 3.20. The van der Waals surface area contributed by atoms with Crippen LogP contribution >= 0.6 is 0 Å². The highest BCUT2D eigenvalue weighted by Gasteiger charge is 2.20. The summed E-state index contributed by atoms with van der Waals surface area (Å²) >= 11 is 0. The van der Waals surface area contributed by atoms with Crippen LogP contribution in [0.3, 0.4) is 0 Å². The number of hydrogen-bond donors (Lipinski definition) is 1. The van der Waals surface area contributed by atoms with Crippen LogP contribution in [0.4, 0.5) is 0 Å². The lowest BCUT2D eigenvalue weighted by atomic mass is 10.1. The maximum atomic E-state index is 5.40. The first-order chi connectivity index (χ1) is 10.2. The maximum absolute atomic E-state index is 5.40. The van der Waals surface area contributed by atoms with E-state index in [0.717, 1.165) is 35.1 Å². The molecular formula is C17H21N3O. The molecule has 1 aliphatic rings. The van der Waals surface area contributed by atoms with Crippen molar-refractivity contribution in [3.05, 3.63) is 53.1 Å². The summed E-state index contributed by atoms with van der Waals surface area (Å²) < 4.78 is 5.40. The largest absolute Gasteiger partial charge is 0.496 e. The van der Waals surface area contributed by atoms with Gasteiger partial charge in [0.25, 0.3) is 0 Å². The molecule has 0 saturated heterocycles. The minimum atomic E-state index is 0.693. The quantitative estimate of drug-likeness (QED) is 0.885. The van der Waals surface area contributed by atoms with Crippen LogP contribution in [0.2, 0.25) is 0 Å². The number of ether oxygens (including phenoxy) is 1. The Morgan fingerprint density at radius 2 is 2.05 bits per heavy atom. The Labute approximate surface area is 125 Å². The van der Waals surface area contributed by atoms with E-state index in [2.05, 4.69) is 27.4 Å². The molecule has 21 heavy (non-hydrogen) atoms. The van der Waals surface area contributed by atoms with Crippen molar-refractivity contribution in [1.82, 2.24) is 15.3 Å². The van der Waals surface area contributed by atoms with Gasteiger partial charge in [-0.2, -0.15) is 0 Å². The van der Waals surface area contributed by atoms with Gasteiger partial charge in [-0.05, 0) is 31.9 Å². The minimum Gasteiger partial charge on any atom is -0.496 e. The summed E-state index contributed by atoms with van der Waals surface area (Å²) in [6.45, 7) is 2.85. The Kier molecular flexibility index (Phi) is 4.15. The summed E-state index contributed by atoms with van der Waals surface area (Å²) in [5.74, 6) is 1.74. The molecule has 1 saturated carbocycles. The van der Waals surface area contributed by atoms with Gasteiger partial charge in [0.15, 0.2) is 0 Å². The molecule has 0 atom stereocenters. The number of aryl methyl sites for hydroxylation is 1. The summed E-state index contributed by atoms with van der Waals surface area (Å²) in [4.78, 5) is 9.23. The van der Waals surface area contributed by atoms with Crippen molar-refractivity contribution in [2.45, 2.75) is 38.8 Å². The predicted molar refractivity (Wildman–Crippen MR) is 82.4 cm³/mol. The molecule has 2 aromatic rings. The molecule has 1 aromatic carbocycles. The Balaban J connectivity index is 1.77. The van der Waals surface area contributed by atoms with Crippen molar-refractivity contribution in [3.8, 4) is 5.75 Å². The van der Waals surface area contributed by atoms with Gasteiger partial charge < -0.3 is 10.1 Å². The van der Waals surface area contributed by atoms with Crippen LogP contribution < -0.4 is 10.1 Å². The fourth-order valence-electron chi connectivity index (χ4n) is 2.43. The molecule has 0 unspecified atom stereocenters.